The van der Waals surface area contributed by atoms with E-state index in [-0.39, 0.29) is 5.78 Å². The normalized spacial score (nSPS) is 37.1. The van der Waals surface area contributed by atoms with Crippen LogP contribution in [-0.2, 0) is 14.3 Å². The molecule has 1 aliphatic heterocycles. The first kappa shape index (κ1) is 15.4. The third kappa shape index (κ3) is 2.36. The number of rotatable bonds is 4. The van der Waals surface area contributed by atoms with Gasteiger partial charge in [-0.25, -0.2) is 0 Å². The molecule has 0 aromatic carbocycles. The Morgan fingerprint density at radius 2 is 2.10 bits per heavy atom. The maximum absolute atomic E-state index is 12.1. The fourth-order valence-electron chi connectivity index (χ4n) is 3.07. The number of hydrogen-bond donors (Lipinski definition) is 1. The molecule has 1 heterocycles. The molecule has 0 radical (unpaired) electrons. The van der Waals surface area contributed by atoms with E-state index in [1.165, 1.54) is 12.7 Å². The van der Waals surface area contributed by atoms with Gasteiger partial charge in [-0.2, -0.15) is 0 Å². The summed E-state index contributed by atoms with van der Waals surface area (Å²) in [5, 5.41) is 11.2. The predicted octanol–water partition coefficient (Wildman–Crippen LogP) is 2.17. The molecular weight excluding hydrogens is 256 g/mol. The monoisotopic (exact) mass is 280 g/mol. The maximum Gasteiger partial charge on any atom is 0.165 e. The number of aliphatic hydroxyl groups is 1. The average Bonchev–Trinajstić information content (AvgIpc) is 3.16. The summed E-state index contributed by atoms with van der Waals surface area (Å²) in [7, 11) is 1.47. The highest BCUT2D eigenvalue weighted by Gasteiger charge is 2.68. The topological polar surface area (TPSA) is 59.1 Å². The quantitative estimate of drug-likeness (QED) is 0.633. The minimum atomic E-state index is -1.34. The smallest absolute Gasteiger partial charge is 0.165 e. The van der Waals surface area contributed by atoms with E-state index in [4.69, 9.17) is 9.47 Å². The second-order valence-electron chi connectivity index (χ2n) is 6.04. The third-order valence-electron chi connectivity index (χ3n) is 4.42. The maximum atomic E-state index is 12.1. The average molecular weight is 280 g/mol. The molecule has 0 bridgehead atoms. The number of carbonyl (C=O) groups excluding carboxylic acids is 1. The van der Waals surface area contributed by atoms with Gasteiger partial charge in [-0.05, 0) is 39.2 Å². The second kappa shape index (κ2) is 5.43. The molecule has 0 aromatic rings. The third-order valence-corrected chi connectivity index (χ3v) is 4.42. The highest BCUT2D eigenvalue weighted by atomic mass is 16.6. The summed E-state index contributed by atoms with van der Waals surface area (Å²) in [5.41, 5.74) is 0.00790. The van der Waals surface area contributed by atoms with Gasteiger partial charge < -0.3 is 14.6 Å². The Bertz CT molecular complexity index is 455. The van der Waals surface area contributed by atoms with Crippen LogP contribution in [-0.4, -0.2) is 41.9 Å². The lowest BCUT2D eigenvalue weighted by Gasteiger charge is -2.43. The zero-order chi connectivity index (χ0) is 15.0. The van der Waals surface area contributed by atoms with Crippen LogP contribution in [0.15, 0.2) is 23.3 Å². The summed E-state index contributed by atoms with van der Waals surface area (Å²) >= 11 is 0. The van der Waals surface area contributed by atoms with Crippen molar-refractivity contribution in [1.29, 1.82) is 0 Å². The summed E-state index contributed by atoms with van der Waals surface area (Å²) in [4.78, 5) is 12.1. The van der Waals surface area contributed by atoms with Gasteiger partial charge in [0.2, 0.25) is 0 Å². The Hall–Kier alpha value is -0.970. The predicted molar refractivity (Wildman–Crippen MR) is 76.5 cm³/mol. The molecule has 112 valence electrons. The number of Topliss-reactive ketones (excluding diaryl/α,β-unsaturated/α-hetero) is 1. The van der Waals surface area contributed by atoms with Crippen LogP contribution >= 0.6 is 0 Å². The van der Waals surface area contributed by atoms with E-state index in [9.17, 15) is 9.90 Å². The van der Waals surface area contributed by atoms with Crippen LogP contribution in [0, 0.1) is 0 Å². The summed E-state index contributed by atoms with van der Waals surface area (Å²) in [6.07, 6.45) is 4.91. The molecule has 2 fully saturated rings. The van der Waals surface area contributed by atoms with Gasteiger partial charge in [0.25, 0.3) is 0 Å². The first-order chi connectivity index (χ1) is 9.37. The van der Waals surface area contributed by atoms with Gasteiger partial charge in [-0.3, -0.25) is 4.79 Å². The van der Waals surface area contributed by atoms with E-state index in [0.29, 0.717) is 19.4 Å². The van der Waals surface area contributed by atoms with Crippen molar-refractivity contribution < 1.29 is 19.4 Å². The van der Waals surface area contributed by atoms with Gasteiger partial charge in [0, 0.05) is 13.5 Å². The largest absolute Gasteiger partial charge is 0.379 e. The van der Waals surface area contributed by atoms with Gasteiger partial charge in [-0.15, -0.1) is 0 Å². The Morgan fingerprint density at radius 3 is 2.60 bits per heavy atom. The van der Waals surface area contributed by atoms with E-state index < -0.39 is 17.3 Å². The molecule has 20 heavy (non-hydrogen) atoms. The molecule has 0 amide bonds. The number of epoxide rings is 1. The number of allylic oxidation sites excluding steroid dienone is 3. The van der Waals surface area contributed by atoms with Crippen molar-refractivity contribution in [2.45, 2.75) is 57.3 Å². The summed E-state index contributed by atoms with van der Waals surface area (Å²) in [6.45, 7) is 6.41. The lowest BCUT2D eigenvalue weighted by molar-refractivity contribution is -0.163. The van der Waals surface area contributed by atoms with E-state index in [1.807, 2.05) is 26.8 Å². The van der Waals surface area contributed by atoms with Crippen LogP contribution in [0.3, 0.4) is 0 Å². The van der Waals surface area contributed by atoms with Crippen molar-refractivity contribution in [2.75, 3.05) is 13.7 Å². The first-order valence-corrected chi connectivity index (χ1v) is 7.10. The van der Waals surface area contributed by atoms with Crippen molar-refractivity contribution in [3.63, 3.8) is 0 Å². The molecule has 0 unspecified atom stereocenters. The van der Waals surface area contributed by atoms with Crippen molar-refractivity contribution >= 4 is 5.78 Å². The molecule has 4 nitrogen and oxygen atoms in total. The van der Waals surface area contributed by atoms with E-state index >= 15 is 0 Å². The van der Waals surface area contributed by atoms with Gasteiger partial charge in [0.15, 0.2) is 11.9 Å². The van der Waals surface area contributed by atoms with Gasteiger partial charge >= 0.3 is 0 Å². The highest BCUT2D eigenvalue weighted by Crippen LogP contribution is 2.51. The Labute approximate surface area is 120 Å². The first-order valence-electron chi connectivity index (χ1n) is 7.10. The van der Waals surface area contributed by atoms with Crippen molar-refractivity contribution in [3.8, 4) is 0 Å². The molecule has 0 aromatic heterocycles. The van der Waals surface area contributed by atoms with Crippen molar-refractivity contribution in [1.82, 2.24) is 0 Å². The fraction of sp³-hybridized carbons (Fsp3) is 0.688. The van der Waals surface area contributed by atoms with Crippen LogP contribution in [0.5, 0.6) is 0 Å². The molecule has 2 aliphatic rings. The van der Waals surface area contributed by atoms with Crippen LogP contribution in [0.4, 0.5) is 0 Å². The van der Waals surface area contributed by atoms with Crippen LogP contribution in [0.2, 0.25) is 0 Å². The van der Waals surface area contributed by atoms with E-state index in [1.54, 1.807) is 0 Å². The minimum Gasteiger partial charge on any atom is -0.379 e. The number of ether oxygens (including phenoxy) is 2. The van der Waals surface area contributed by atoms with Gasteiger partial charge in [0.05, 0.1) is 6.61 Å². The molecule has 1 spiro atoms. The summed E-state index contributed by atoms with van der Waals surface area (Å²) in [6, 6.07) is 0. The number of hydrogen-bond acceptors (Lipinski definition) is 4. The standard InChI is InChI=1S/C16H24O4/c1-11(2)6-5-7-12(3)16(18)14(19-4)13(17)8-9-15(16)10-20-15/h6-7,14,18H,5,8-10H2,1-4H3/b12-7+/t14-,15+,16-/m1/s1. The van der Waals surface area contributed by atoms with Crippen LogP contribution in [0.25, 0.3) is 0 Å². The summed E-state index contributed by atoms with van der Waals surface area (Å²) in [5.74, 6) is -0.0499. The van der Waals surface area contributed by atoms with Crippen molar-refractivity contribution in [2.24, 2.45) is 0 Å². The van der Waals surface area contributed by atoms with E-state index in [2.05, 4.69) is 6.08 Å². The Balaban J connectivity index is 2.31. The fourth-order valence-corrected chi connectivity index (χ4v) is 3.07. The lowest BCUT2D eigenvalue weighted by Crippen LogP contribution is -2.62. The minimum absolute atomic E-state index is 0.0499. The Kier molecular flexibility index (Phi) is 4.19. The SMILES string of the molecule is CO[C@@H]1C(=O)CC[C@]2(CO2)[C@@]1(O)/C(C)=C/CC=C(C)C. The molecule has 1 saturated heterocycles. The van der Waals surface area contributed by atoms with Crippen molar-refractivity contribution in [3.05, 3.63) is 23.3 Å². The molecule has 3 atom stereocenters. The second-order valence-corrected chi connectivity index (χ2v) is 6.04. The zero-order valence-electron chi connectivity index (χ0n) is 12.7. The van der Waals surface area contributed by atoms with Crippen LogP contribution in [0.1, 0.15) is 40.0 Å². The van der Waals surface area contributed by atoms with Crippen LogP contribution < -0.4 is 0 Å². The number of carbonyl (C=O) groups is 1. The molecule has 2 rings (SSSR count). The molecule has 4 heteroatoms. The number of methoxy groups -OCH3 is 1. The molecule has 1 saturated carbocycles. The van der Waals surface area contributed by atoms with E-state index in [0.717, 1.165) is 12.0 Å². The Morgan fingerprint density at radius 1 is 1.45 bits per heavy atom. The highest BCUT2D eigenvalue weighted by molar-refractivity contribution is 5.87. The zero-order valence-corrected chi connectivity index (χ0v) is 12.7. The summed E-state index contributed by atoms with van der Waals surface area (Å²) < 4.78 is 10.9. The lowest BCUT2D eigenvalue weighted by atomic mass is 9.68. The number of ketones is 1. The van der Waals surface area contributed by atoms with Gasteiger partial charge in [-0.1, -0.05) is 17.7 Å². The molecule has 1 aliphatic carbocycles. The molecular formula is C16H24O4. The van der Waals surface area contributed by atoms with Gasteiger partial charge in [0.1, 0.15) is 11.2 Å². The molecule has 1 N–H and O–H groups in total.